The van der Waals surface area contributed by atoms with Crippen molar-refractivity contribution in [2.75, 3.05) is 0 Å². The standard InChI is InChI=1S/C9H15IN2O/c1-2-3-4-5-6-7-8-11-12-9(10)13-8/h2-7H2,1H3. The SMILES string of the molecule is CCCCCCCc1nnc(I)o1. The minimum atomic E-state index is 0.640. The molecule has 0 aromatic carbocycles. The molecule has 0 unspecified atom stereocenters. The number of rotatable bonds is 6. The van der Waals surface area contributed by atoms with E-state index in [4.69, 9.17) is 4.42 Å². The van der Waals surface area contributed by atoms with Crippen molar-refractivity contribution in [2.24, 2.45) is 0 Å². The Balaban J connectivity index is 2.06. The summed E-state index contributed by atoms with van der Waals surface area (Å²) < 4.78 is 5.89. The van der Waals surface area contributed by atoms with Gasteiger partial charge in [-0.15, -0.1) is 10.2 Å². The summed E-state index contributed by atoms with van der Waals surface area (Å²) >= 11 is 2.03. The van der Waals surface area contributed by atoms with Gasteiger partial charge in [-0.2, -0.15) is 0 Å². The first kappa shape index (κ1) is 10.9. The molecule has 13 heavy (non-hydrogen) atoms. The van der Waals surface area contributed by atoms with Crippen LogP contribution in [0.1, 0.15) is 44.9 Å². The zero-order valence-corrected chi connectivity index (χ0v) is 10.1. The molecule has 74 valence electrons. The van der Waals surface area contributed by atoms with E-state index in [1.54, 1.807) is 0 Å². The molecular formula is C9H15IN2O. The molecule has 0 aliphatic heterocycles. The Bertz CT molecular complexity index is 237. The van der Waals surface area contributed by atoms with Gasteiger partial charge in [0.25, 0.3) is 3.90 Å². The van der Waals surface area contributed by atoms with Gasteiger partial charge in [-0.05, 0) is 6.42 Å². The fourth-order valence-corrected chi connectivity index (χ4v) is 1.58. The van der Waals surface area contributed by atoms with Crippen LogP contribution in [0.15, 0.2) is 4.42 Å². The second-order valence-corrected chi connectivity index (χ2v) is 4.04. The zero-order chi connectivity index (χ0) is 9.52. The van der Waals surface area contributed by atoms with E-state index >= 15 is 0 Å². The van der Waals surface area contributed by atoms with Crippen molar-refractivity contribution < 1.29 is 4.42 Å². The van der Waals surface area contributed by atoms with Crippen molar-refractivity contribution in [3.8, 4) is 0 Å². The number of nitrogens with zero attached hydrogens (tertiary/aromatic N) is 2. The number of halogens is 1. The second-order valence-electron chi connectivity index (χ2n) is 3.11. The molecular weight excluding hydrogens is 279 g/mol. The average Bonchev–Trinajstić information content (AvgIpc) is 2.51. The van der Waals surface area contributed by atoms with Crippen LogP contribution in [-0.4, -0.2) is 10.2 Å². The lowest BCUT2D eigenvalue weighted by atomic mass is 10.1. The van der Waals surface area contributed by atoms with E-state index in [-0.39, 0.29) is 0 Å². The summed E-state index contributed by atoms with van der Waals surface area (Å²) in [5.41, 5.74) is 0. The summed E-state index contributed by atoms with van der Waals surface area (Å²) in [5.74, 6) is 0.779. The number of aromatic nitrogens is 2. The van der Waals surface area contributed by atoms with Crippen molar-refractivity contribution in [3.63, 3.8) is 0 Å². The third-order valence-electron chi connectivity index (χ3n) is 1.94. The molecule has 0 aliphatic rings. The van der Waals surface area contributed by atoms with Gasteiger partial charge in [-0.25, -0.2) is 0 Å². The summed E-state index contributed by atoms with van der Waals surface area (Å²) in [6, 6.07) is 0. The van der Waals surface area contributed by atoms with Gasteiger partial charge in [0.05, 0.1) is 0 Å². The lowest BCUT2D eigenvalue weighted by Gasteiger charge is -1.95. The minimum Gasteiger partial charge on any atom is -0.416 e. The lowest BCUT2D eigenvalue weighted by molar-refractivity contribution is 0.457. The summed E-state index contributed by atoms with van der Waals surface area (Å²) in [4.78, 5) is 0. The zero-order valence-electron chi connectivity index (χ0n) is 7.92. The van der Waals surface area contributed by atoms with Crippen LogP contribution in [0.25, 0.3) is 0 Å². The molecule has 0 aliphatic carbocycles. The topological polar surface area (TPSA) is 38.9 Å². The summed E-state index contributed by atoms with van der Waals surface area (Å²) in [6.45, 7) is 2.22. The molecule has 4 heteroatoms. The van der Waals surface area contributed by atoms with Crippen LogP contribution in [0.3, 0.4) is 0 Å². The molecule has 0 radical (unpaired) electrons. The van der Waals surface area contributed by atoms with E-state index < -0.39 is 0 Å². The first-order valence-electron chi connectivity index (χ1n) is 4.81. The smallest absolute Gasteiger partial charge is 0.278 e. The number of hydrogen-bond donors (Lipinski definition) is 0. The minimum absolute atomic E-state index is 0.640. The fraction of sp³-hybridized carbons (Fsp3) is 0.778. The molecule has 0 saturated carbocycles. The summed E-state index contributed by atoms with van der Waals surface area (Å²) in [5, 5.41) is 7.71. The van der Waals surface area contributed by atoms with Gasteiger partial charge in [0.2, 0.25) is 5.89 Å². The summed E-state index contributed by atoms with van der Waals surface area (Å²) in [7, 11) is 0. The molecule has 1 rings (SSSR count). The summed E-state index contributed by atoms with van der Waals surface area (Å²) in [6.07, 6.45) is 7.31. The van der Waals surface area contributed by atoms with Crippen LogP contribution in [0, 0.1) is 3.90 Å². The fourth-order valence-electron chi connectivity index (χ4n) is 1.21. The van der Waals surface area contributed by atoms with Crippen LogP contribution >= 0.6 is 22.6 Å². The van der Waals surface area contributed by atoms with Crippen molar-refractivity contribution in [1.82, 2.24) is 10.2 Å². The Morgan fingerprint density at radius 2 is 1.92 bits per heavy atom. The van der Waals surface area contributed by atoms with Crippen molar-refractivity contribution >= 4 is 22.6 Å². The molecule has 0 amide bonds. The molecule has 3 nitrogen and oxygen atoms in total. The Labute approximate surface area is 92.4 Å². The maximum atomic E-state index is 5.25. The van der Waals surface area contributed by atoms with Crippen molar-refractivity contribution in [2.45, 2.75) is 45.4 Å². The molecule has 0 fully saturated rings. The molecule has 0 N–H and O–H groups in total. The van der Waals surface area contributed by atoms with E-state index in [9.17, 15) is 0 Å². The predicted octanol–water partition coefficient (Wildman–Crippen LogP) is 3.19. The highest BCUT2D eigenvalue weighted by Crippen LogP contribution is 2.08. The Morgan fingerprint density at radius 1 is 1.15 bits per heavy atom. The third kappa shape index (κ3) is 4.59. The Morgan fingerprint density at radius 3 is 2.54 bits per heavy atom. The first-order valence-corrected chi connectivity index (χ1v) is 5.88. The maximum absolute atomic E-state index is 5.25. The number of hydrogen-bond acceptors (Lipinski definition) is 3. The lowest BCUT2D eigenvalue weighted by Crippen LogP contribution is -1.86. The highest BCUT2D eigenvalue weighted by atomic mass is 127. The molecule has 0 spiro atoms. The van der Waals surface area contributed by atoms with E-state index in [2.05, 4.69) is 17.1 Å². The number of aryl methyl sites for hydroxylation is 1. The molecule has 1 heterocycles. The first-order chi connectivity index (χ1) is 6.33. The second kappa shape index (κ2) is 6.34. The normalized spacial score (nSPS) is 10.6. The maximum Gasteiger partial charge on any atom is 0.278 e. The van der Waals surface area contributed by atoms with Crippen LogP contribution in [0.4, 0.5) is 0 Å². The van der Waals surface area contributed by atoms with E-state index in [0.29, 0.717) is 3.90 Å². The Hall–Kier alpha value is -0.130. The van der Waals surface area contributed by atoms with Gasteiger partial charge in [0.1, 0.15) is 0 Å². The van der Waals surface area contributed by atoms with E-state index in [1.807, 2.05) is 22.6 Å². The van der Waals surface area contributed by atoms with E-state index in [1.165, 1.54) is 25.7 Å². The van der Waals surface area contributed by atoms with Gasteiger partial charge >= 0.3 is 0 Å². The van der Waals surface area contributed by atoms with E-state index in [0.717, 1.165) is 18.7 Å². The molecule has 0 atom stereocenters. The van der Waals surface area contributed by atoms with Gasteiger partial charge in [0, 0.05) is 29.0 Å². The van der Waals surface area contributed by atoms with Crippen LogP contribution < -0.4 is 0 Å². The molecule has 0 bridgehead atoms. The Kier molecular flexibility index (Phi) is 5.34. The quantitative estimate of drug-likeness (QED) is 0.597. The average molecular weight is 294 g/mol. The highest BCUT2D eigenvalue weighted by Gasteiger charge is 2.01. The van der Waals surface area contributed by atoms with Gasteiger partial charge in [-0.3, -0.25) is 0 Å². The van der Waals surface area contributed by atoms with Crippen LogP contribution in [-0.2, 0) is 6.42 Å². The molecule has 0 saturated heterocycles. The van der Waals surface area contributed by atoms with Gasteiger partial charge < -0.3 is 4.42 Å². The highest BCUT2D eigenvalue weighted by molar-refractivity contribution is 14.1. The van der Waals surface area contributed by atoms with Crippen LogP contribution in [0.2, 0.25) is 0 Å². The third-order valence-corrected chi connectivity index (χ3v) is 2.37. The van der Waals surface area contributed by atoms with Crippen molar-refractivity contribution in [1.29, 1.82) is 0 Å². The van der Waals surface area contributed by atoms with Crippen molar-refractivity contribution in [3.05, 3.63) is 9.79 Å². The number of unbranched alkanes of at least 4 members (excludes halogenated alkanes) is 4. The van der Waals surface area contributed by atoms with Crippen LogP contribution in [0.5, 0.6) is 0 Å². The predicted molar refractivity (Wildman–Crippen MR) is 59.5 cm³/mol. The van der Waals surface area contributed by atoms with Gasteiger partial charge in [-0.1, -0.05) is 32.6 Å². The van der Waals surface area contributed by atoms with Gasteiger partial charge in [0.15, 0.2) is 0 Å². The monoisotopic (exact) mass is 294 g/mol. The molecule has 1 aromatic heterocycles. The molecule has 1 aromatic rings. The largest absolute Gasteiger partial charge is 0.416 e.